The molecule has 0 aliphatic carbocycles. The van der Waals surface area contributed by atoms with E-state index in [1.807, 2.05) is 0 Å². The van der Waals surface area contributed by atoms with Gasteiger partial charge in [-0.15, -0.1) is 0 Å². The molecule has 2 rings (SSSR count). The zero-order chi connectivity index (χ0) is 9.47. The lowest BCUT2D eigenvalue weighted by atomic mass is 9.95. The molecule has 5 nitrogen and oxygen atoms in total. The third kappa shape index (κ3) is 1.00. The predicted octanol–water partition coefficient (Wildman–Crippen LogP) is 0.0693. The highest BCUT2D eigenvalue weighted by molar-refractivity contribution is 6.07. The van der Waals surface area contributed by atoms with Crippen molar-refractivity contribution in [1.29, 1.82) is 0 Å². The second-order valence-electron chi connectivity index (χ2n) is 3.13. The van der Waals surface area contributed by atoms with E-state index in [0.29, 0.717) is 0 Å². The van der Waals surface area contributed by atoms with Crippen LogP contribution < -0.4 is 10.6 Å². The van der Waals surface area contributed by atoms with Gasteiger partial charge in [0, 0.05) is 18.0 Å². The fourth-order valence-corrected chi connectivity index (χ4v) is 1.38. The van der Waals surface area contributed by atoms with E-state index in [4.69, 9.17) is 0 Å². The van der Waals surface area contributed by atoms with Crippen molar-refractivity contribution in [3.63, 3.8) is 0 Å². The molecular formula is C8H9N3O2. The Morgan fingerprint density at radius 2 is 2.15 bits per heavy atom. The molecule has 3 amide bonds. The van der Waals surface area contributed by atoms with Crippen molar-refractivity contribution in [3.05, 3.63) is 24.0 Å². The zero-order valence-electron chi connectivity index (χ0n) is 7.05. The van der Waals surface area contributed by atoms with Crippen molar-refractivity contribution in [1.82, 2.24) is 15.6 Å². The van der Waals surface area contributed by atoms with Gasteiger partial charge in [0.25, 0.3) is 5.91 Å². The number of hydrogen-bond donors (Lipinski definition) is 3. The van der Waals surface area contributed by atoms with E-state index in [-0.39, 0.29) is 5.91 Å². The molecule has 0 bridgehead atoms. The van der Waals surface area contributed by atoms with Gasteiger partial charge in [-0.2, -0.15) is 0 Å². The van der Waals surface area contributed by atoms with Crippen molar-refractivity contribution < 1.29 is 9.59 Å². The van der Waals surface area contributed by atoms with E-state index in [9.17, 15) is 9.59 Å². The molecule has 2 heterocycles. The molecule has 3 N–H and O–H groups in total. The van der Waals surface area contributed by atoms with Crippen molar-refractivity contribution in [2.45, 2.75) is 12.5 Å². The van der Waals surface area contributed by atoms with Crippen LogP contribution >= 0.6 is 0 Å². The van der Waals surface area contributed by atoms with Gasteiger partial charge in [-0.1, -0.05) is 0 Å². The van der Waals surface area contributed by atoms with Crippen molar-refractivity contribution in [3.8, 4) is 0 Å². The lowest BCUT2D eigenvalue weighted by Crippen LogP contribution is -2.40. The number of nitrogens with one attached hydrogen (secondary N) is 3. The van der Waals surface area contributed by atoms with Crippen LogP contribution in [0.3, 0.4) is 0 Å². The summed E-state index contributed by atoms with van der Waals surface area (Å²) >= 11 is 0. The third-order valence-electron chi connectivity index (χ3n) is 2.22. The Morgan fingerprint density at radius 3 is 2.62 bits per heavy atom. The molecule has 13 heavy (non-hydrogen) atoms. The Balaban J connectivity index is 2.42. The Morgan fingerprint density at radius 1 is 1.38 bits per heavy atom. The number of aromatic nitrogens is 1. The molecule has 1 fully saturated rings. The molecule has 1 saturated heterocycles. The van der Waals surface area contributed by atoms with Gasteiger partial charge < -0.3 is 10.3 Å². The van der Waals surface area contributed by atoms with Crippen LogP contribution in [0.25, 0.3) is 0 Å². The van der Waals surface area contributed by atoms with E-state index in [2.05, 4.69) is 15.6 Å². The van der Waals surface area contributed by atoms with Gasteiger partial charge in [0.05, 0.1) is 0 Å². The van der Waals surface area contributed by atoms with Crippen LogP contribution in [0, 0.1) is 0 Å². The predicted molar refractivity (Wildman–Crippen MR) is 44.8 cm³/mol. The van der Waals surface area contributed by atoms with Crippen LogP contribution in [0.4, 0.5) is 4.79 Å². The first kappa shape index (κ1) is 7.85. The molecule has 1 unspecified atom stereocenters. The summed E-state index contributed by atoms with van der Waals surface area (Å²) in [7, 11) is 0. The molecule has 0 aromatic carbocycles. The fraction of sp³-hybridized carbons (Fsp3) is 0.250. The number of carbonyl (C=O) groups is 2. The number of aromatic amines is 1. The van der Waals surface area contributed by atoms with E-state index in [1.54, 1.807) is 25.4 Å². The smallest absolute Gasteiger partial charge is 0.322 e. The minimum absolute atomic E-state index is 0.322. The maximum absolute atomic E-state index is 11.4. The number of urea groups is 1. The Labute approximate surface area is 74.5 Å². The molecule has 0 spiro atoms. The first-order chi connectivity index (χ1) is 6.13. The summed E-state index contributed by atoms with van der Waals surface area (Å²) < 4.78 is 0. The van der Waals surface area contributed by atoms with E-state index in [0.717, 1.165) is 5.56 Å². The summed E-state index contributed by atoms with van der Waals surface area (Å²) in [6, 6.07) is 1.30. The van der Waals surface area contributed by atoms with Crippen LogP contribution in [0.5, 0.6) is 0 Å². The minimum Gasteiger partial charge on any atom is -0.367 e. The Bertz CT molecular complexity index is 357. The molecule has 0 radical (unpaired) electrons. The number of hydrogen-bond acceptors (Lipinski definition) is 2. The Kier molecular flexibility index (Phi) is 1.42. The lowest BCUT2D eigenvalue weighted by molar-refractivity contribution is -0.123. The van der Waals surface area contributed by atoms with Gasteiger partial charge in [0.15, 0.2) is 0 Å². The largest absolute Gasteiger partial charge is 0.367 e. The summed E-state index contributed by atoms with van der Waals surface area (Å²) in [5.74, 6) is -0.322. The fourth-order valence-electron chi connectivity index (χ4n) is 1.38. The van der Waals surface area contributed by atoms with Gasteiger partial charge in [-0.25, -0.2) is 4.79 Å². The molecule has 1 aromatic rings. The standard InChI is InChI=1S/C8H9N3O2/c1-8(5-2-3-9-4-5)6(12)10-7(13)11-8/h2-4,9H,1H3,(H2,10,11,12,13). The summed E-state index contributed by atoms with van der Waals surface area (Å²) in [5.41, 5.74) is -0.187. The van der Waals surface area contributed by atoms with Gasteiger partial charge in [0.1, 0.15) is 5.54 Å². The Hall–Kier alpha value is -1.78. The average molecular weight is 179 g/mol. The number of imide groups is 1. The summed E-state index contributed by atoms with van der Waals surface area (Å²) in [6.45, 7) is 1.66. The minimum atomic E-state index is -0.933. The molecule has 1 aliphatic rings. The monoisotopic (exact) mass is 179 g/mol. The van der Waals surface area contributed by atoms with Crippen molar-refractivity contribution >= 4 is 11.9 Å². The molecule has 1 atom stereocenters. The summed E-state index contributed by atoms with van der Waals surface area (Å²) in [4.78, 5) is 25.1. The van der Waals surface area contributed by atoms with Crippen LogP contribution in [0.15, 0.2) is 18.5 Å². The van der Waals surface area contributed by atoms with Gasteiger partial charge in [-0.05, 0) is 13.0 Å². The normalized spacial score (nSPS) is 27.2. The molecule has 1 aromatic heterocycles. The first-order valence-electron chi connectivity index (χ1n) is 3.90. The quantitative estimate of drug-likeness (QED) is 0.534. The second-order valence-corrected chi connectivity index (χ2v) is 3.13. The topological polar surface area (TPSA) is 74.0 Å². The average Bonchev–Trinajstić information content (AvgIpc) is 2.61. The van der Waals surface area contributed by atoms with Gasteiger partial charge in [0.2, 0.25) is 0 Å². The molecule has 1 aliphatic heterocycles. The molecule has 5 heteroatoms. The molecule has 68 valence electrons. The van der Waals surface area contributed by atoms with E-state index < -0.39 is 11.6 Å². The lowest BCUT2D eigenvalue weighted by Gasteiger charge is -2.18. The summed E-state index contributed by atoms with van der Waals surface area (Å²) in [6.07, 6.45) is 3.39. The summed E-state index contributed by atoms with van der Waals surface area (Å²) in [5, 5.41) is 4.76. The zero-order valence-corrected chi connectivity index (χ0v) is 7.05. The van der Waals surface area contributed by atoms with Gasteiger partial charge >= 0.3 is 6.03 Å². The van der Waals surface area contributed by atoms with E-state index in [1.165, 1.54) is 0 Å². The number of amides is 3. The van der Waals surface area contributed by atoms with Crippen LogP contribution in [-0.4, -0.2) is 16.9 Å². The molecule has 0 saturated carbocycles. The van der Waals surface area contributed by atoms with Crippen molar-refractivity contribution in [2.75, 3.05) is 0 Å². The van der Waals surface area contributed by atoms with Crippen LogP contribution in [-0.2, 0) is 10.3 Å². The van der Waals surface area contributed by atoms with E-state index >= 15 is 0 Å². The maximum atomic E-state index is 11.4. The highest BCUT2D eigenvalue weighted by Gasteiger charge is 2.43. The highest BCUT2D eigenvalue weighted by atomic mass is 16.2. The third-order valence-corrected chi connectivity index (χ3v) is 2.22. The number of H-pyrrole nitrogens is 1. The first-order valence-corrected chi connectivity index (χ1v) is 3.90. The molecular weight excluding hydrogens is 170 g/mol. The number of rotatable bonds is 1. The van der Waals surface area contributed by atoms with Crippen LogP contribution in [0.2, 0.25) is 0 Å². The van der Waals surface area contributed by atoms with Crippen LogP contribution in [0.1, 0.15) is 12.5 Å². The van der Waals surface area contributed by atoms with Gasteiger partial charge in [-0.3, -0.25) is 10.1 Å². The maximum Gasteiger partial charge on any atom is 0.322 e. The number of carbonyl (C=O) groups excluding carboxylic acids is 2. The SMILES string of the molecule is CC1(c2cc[nH]c2)NC(=O)NC1=O. The van der Waals surface area contributed by atoms with Crippen molar-refractivity contribution in [2.24, 2.45) is 0 Å². The highest BCUT2D eigenvalue weighted by Crippen LogP contribution is 2.23. The second kappa shape index (κ2) is 2.35.